The molecule has 0 fully saturated rings. The largest absolute Gasteiger partial charge is 0.301 e. The van der Waals surface area contributed by atoms with E-state index >= 15 is 0 Å². The zero-order chi connectivity index (χ0) is 18.2. The van der Waals surface area contributed by atoms with Gasteiger partial charge >= 0.3 is 0 Å². The maximum atomic E-state index is 12.3. The third-order valence-corrected chi connectivity index (χ3v) is 5.64. The van der Waals surface area contributed by atoms with Gasteiger partial charge in [0, 0.05) is 12.0 Å². The molecule has 0 atom stereocenters. The smallest absolute Gasteiger partial charge is 0.226 e. The molecule has 7 heteroatoms. The van der Waals surface area contributed by atoms with Crippen LogP contribution >= 0.6 is 23.1 Å². The molecule has 134 valence electrons. The number of unbranched alkanes of at least 4 members (excludes halogenated alkanes) is 2. The van der Waals surface area contributed by atoms with Gasteiger partial charge in [0.25, 0.3) is 0 Å². The number of aryl methyl sites for hydroxylation is 2. The third kappa shape index (κ3) is 6.25. The predicted octanol–water partition coefficient (Wildman–Crippen LogP) is 4.65. The van der Waals surface area contributed by atoms with Gasteiger partial charge in [0.2, 0.25) is 11.0 Å². The highest BCUT2D eigenvalue weighted by atomic mass is 32.2. The van der Waals surface area contributed by atoms with Crippen molar-refractivity contribution in [2.24, 2.45) is 0 Å². The van der Waals surface area contributed by atoms with E-state index < -0.39 is 0 Å². The van der Waals surface area contributed by atoms with Gasteiger partial charge in [0.05, 0.1) is 5.75 Å². The number of ketones is 1. The molecule has 0 unspecified atom stereocenters. The Labute approximate surface area is 156 Å². The first-order valence-corrected chi connectivity index (χ1v) is 10.2. The van der Waals surface area contributed by atoms with E-state index in [2.05, 4.69) is 22.4 Å². The summed E-state index contributed by atoms with van der Waals surface area (Å²) >= 11 is 2.65. The average molecular weight is 378 g/mol. The van der Waals surface area contributed by atoms with E-state index in [1.165, 1.54) is 23.1 Å². The zero-order valence-corrected chi connectivity index (χ0v) is 16.4. The monoisotopic (exact) mass is 377 g/mol. The number of nitrogens with zero attached hydrogens (tertiary/aromatic N) is 2. The second-order valence-electron chi connectivity index (χ2n) is 5.91. The number of hydrogen-bond acceptors (Lipinski definition) is 6. The summed E-state index contributed by atoms with van der Waals surface area (Å²) in [6.45, 7) is 6.06. The number of anilines is 1. The summed E-state index contributed by atoms with van der Waals surface area (Å²) in [7, 11) is 0. The van der Waals surface area contributed by atoms with E-state index in [4.69, 9.17) is 0 Å². The standard InChI is InChI=1S/C18H23N3O2S2/c1-4-5-6-7-16(23)19-17-20-21-18(25-17)24-11-15(22)14-9-8-12(2)10-13(14)3/h8-10H,4-7,11H2,1-3H3,(H,19,20,23). The number of carbonyl (C=O) groups excluding carboxylic acids is 2. The molecule has 1 aromatic heterocycles. The minimum absolute atomic E-state index is 0.0347. The van der Waals surface area contributed by atoms with Gasteiger partial charge in [-0.2, -0.15) is 0 Å². The van der Waals surface area contributed by atoms with Gasteiger partial charge < -0.3 is 5.32 Å². The number of nitrogens with one attached hydrogen (secondary N) is 1. The molecule has 0 saturated carbocycles. The molecule has 2 aromatic rings. The van der Waals surface area contributed by atoms with E-state index in [1.807, 2.05) is 32.0 Å². The van der Waals surface area contributed by atoms with Crippen molar-refractivity contribution in [3.05, 3.63) is 34.9 Å². The number of benzene rings is 1. The molecule has 0 bridgehead atoms. The lowest BCUT2D eigenvalue weighted by Gasteiger charge is -2.04. The van der Waals surface area contributed by atoms with Gasteiger partial charge in [-0.3, -0.25) is 9.59 Å². The first-order chi connectivity index (χ1) is 12.0. The van der Waals surface area contributed by atoms with Crippen molar-refractivity contribution in [1.29, 1.82) is 0 Å². The molecule has 0 aliphatic rings. The Morgan fingerprint density at radius 3 is 2.72 bits per heavy atom. The molecule has 25 heavy (non-hydrogen) atoms. The van der Waals surface area contributed by atoms with Crippen LogP contribution in [0.3, 0.4) is 0 Å². The van der Waals surface area contributed by atoms with Crippen LogP contribution in [0.25, 0.3) is 0 Å². The molecule has 1 aromatic carbocycles. The normalized spacial score (nSPS) is 10.7. The summed E-state index contributed by atoms with van der Waals surface area (Å²) in [5.41, 5.74) is 2.88. The minimum atomic E-state index is -0.0347. The van der Waals surface area contributed by atoms with Crippen LogP contribution in [0.4, 0.5) is 5.13 Å². The number of thioether (sulfide) groups is 1. The fraction of sp³-hybridized carbons (Fsp3) is 0.444. The maximum absolute atomic E-state index is 12.3. The van der Waals surface area contributed by atoms with Gasteiger partial charge in [0.1, 0.15) is 0 Å². The van der Waals surface area contributed by atoms with Crippen LogP contribution in [0.2, 0.25) is 0 Å². The maximum Gasteiger partial charge on any atom is 0.226 e. The third-order valence-electron chi connectivity index (χ3n) is 3.67. The number of rotatable bonds is 9. The molecule has 5 nitrogen and oxygen atoms in total. The molecule has 0 radical (unpaired) electrons. The van der Waals surface area contributed by atoms with Crippen molar-refractivity contribution in [2.75, 3.05) is 11.1 Å². The lowest BCUT2D eigenvalue weighted by Crippen LogP contribution is -2.10. The summed E-state index contributed by atoms with van der Waals surface area (Å²) < 4.78 is 0.682. The van der Waals surface area contributed by atoms with Gasteiger partial charge in [-0.15, -0.1) is 10.2 Å². The Bertz CT molecular complexity index is 744. The van der Waals surface area contributed by atoms with Crippen molar-refractivity contribution >= 4 is 39.9 Å². The van der Waals surface area contributed by atoms with Gasteiger partial charge in [0.15, 0.2) is 10.1 Å². The summed E-state index contributed by atoms with van der Waals surface area (Å²) in [4.78, 5) is 24.1. The fourth-order valence-corrected chi connectivity index (χ4v) is 4.02. The summed E-state index contributed by atoms with van der Waals surface area (Å²) in [6, 6.07) is 5.83. The molecule has 0 saturated heterocycles. The molecule has 0 aliphatic carbocycles. The molecular weight excluding hydrogens is 354 g/mol. The minimum Gasteiger partial charge on any atom is -0.301 e. The van der Waals surface area contributed by atoms with E-state index in [9.17, 15) is 9.59 Å². The Morgan fingerprint density at radius 1 is 1.20 bits per heavy atom. The molecule has 2 rings (SSSR count). The Hall–Kier alpha value is -1.73. The number of amides is 1. The average Bonchev–Trinajstić information content (AvgIpc) is 3.00. The molecule has 1 amide bonds. The van der Waals surface area contributed by atoms with Gasteiger partial charge in [-0.1, -0.05) is 66.6 Å². The van der Waals surface area contributed by atoms with Crippen molar-refractivity contribution in [3.8, 4) is 0 Å². The second-order valence-corrected chi connectivity index (χ2v) is 8.11. The van der Waals surface area contributed by atoms with Crippen molar-refractivity contribution in [3.63, 3.8) is 0 Å². The van der Waals surface area contributed by atoms with E-state index in [-0.39, 0.29) is 11.7 Å². The van der Waals surface area contributed by atoms with Crippen molar-refractivity contribution < 1.29 is 9.59 Å². The molecule has 1 N–H and O–H groups in total. The van der Waals surface area contributed by atoms with Gasteiger partial charge in [-0.05, 0) is 25.8 Å². The number of aromatic nitrogens is 2. The highest BCUT2D eigenvalue weighted by molar-refractivity contribution is 8.01. The van der Waals surface area contributed by atoms with Crippen LogP contribution in [0.15, 0.2) is 22.5 Å². The Balaban J connectivity index is 1.84. The van der Waals surface area contributed by atoms with Crippen LogP contribution < -0.4 is 5.32 Å². The van der Waals surface area contributed by atoms with Gasteiger partial charge in [-0.25, -0.2) is 0 Å². The molecular formula is C18H23N3O2S2. The SMILES string of the molecule is CCCCCC(=O)Nc1nnc(SCC(=O)c2ccc(C)cc2C)s1. The number of Topliss-reactive ketones (excluding diaryl/α,β-unsaturated/α-hetero) is 1. The summed E-state index contributed by atoms with van der Waals surface area (Å²) in [5, 5.41) is 11.3. The van der Waals surface area contributed by atoms with Crippen LogP contribution in [-0.4, -0.2) is 27.6 Å². The van der Waals surface area contributed by atoms with Crippen LogP contribution in [0.1, 0.15) is 54.1 Å². The second kappa shape index (κ2) is 9.68. The van der Waals surface area contributed by atoms with Crippen LogP contribution in [0.5, 0.6) is 0 Å². The lowest BCUT2D eigenvalue weighted by atomic mass is 10.0. The highest BCUT2D eigenvalue weighted by Crippen LogP contribution is 2.26. The lowest BCUT2D eigenvalue weighted by molar-refractivity contribution is -0.116. The first kappa shape index (κ1) is 19.6. The quantitative estimate of drug-likeness (QED) is 0.298. The Morgan fingerprint density at radius 2 is 2.00 bits per heavy atom. The fourth-order valence-electron chi connectivity index (χ4n) is 2.37. The van der Waals surface area contributed by atoms with Crippen molar-refractivity contribution in [2.45, 2.75) is 50.8 Å². The highest BCUT2D eigenvalue weighted by Gasteiger charge is 2.13. The van der Waals surface area contributed by atoms with Crippen LogP contribution in [-0.2, 0) is 4.79 Å². The summed E-state index contributed by atoms with van der Waals surface area (Å²) in [6.07, 6.45) is 3.51. The van der Waals surface area contributed by atoms with Crippen molar-refractivity contribution in [1.82, 2.24) is 10.2 Å². The summed E-state index contributed by atoms with van der Waals surface area (Å²) in [5.74, 6) is 0.346. The number of carbonyl (C=O) groups is 2. The predicted molar refractivity (Wildman–Crippen MR) is 104 cm³/mol. The first-order valence-electron chi connectivity index (χ1n) is 8.36. The Kier molecular flexibility index (Phi) is 7.58. The zero-order valence-electron chi connectivity index (χ0n) is 14.8. The molecule has 0 spiro atoms. The molecule has 1 heterocycles. The van der Waals surface area contributed by atoms with E-state index in [0.717, 1.165) is 36.0 Å². The topological polar surface area (TPSA) is 72.0 Å². The van der Waals surface area contributed by atoms with E-state index in [0.29, 0.717) is 21.6 Å². The molecule has 0 aliphatic heterocycles. The number of hydrogen-bond donors (Lipinski definition) is 1. The van der Waals surface area contributed by atoms with E-state index in [1.54, 1.807) is 0 Å². The van der Waals surface area contributed by atoms with Crippen LogP contribution in [0, 0.1) is 13.8 Å².